The van der Waals surface area contributed by atoms with Gasteiger partial charge < -0.3 is 25.0 Å². The molecule has 0 radical (unpaired) electrons. The van der Waals surface area contributed by atoms with Gasteiger partial charge in [-0.15, -0.1) is 0 Å². The maximum Gasteiger partial charge on any atom is 0.328 e. The lowest BCUT2D eigenvalue weighted by molar-refractivity contribution is -0.153. The minimum absolute atomic E-state index is 0.00557. The molecule has 7 heteroatoms. The highest BCUT2D eigenvalue weighted by atomic mass is 16.5. The lowest BCUT2D eigenvalue weighted by atomic mass is 9.90. The molecule has 2 saturated heterocycles. The van der Waals surface area contributed by atoms with E-state index in [-0.39, 0.29) is 23.4 Å². The van der Waals surface area contributed by atoms with Crippen LogP contribution in [0.25, 0.3) is 0 Å². The monoisotopic (exact) mass is 339 g/mol. The van der Waals surface area contributed by atoms with Crippen molar-refractivity contribution in [2.75, 3.05) is 46.4 Å². The number of aliphatic hydroxyl groups excluding tert-OH is 1. The van der Waals surface area contributed by atoms with Crippen molar-refractivity contribution < 1.29 is 19.4 Å². The Morgan fingerprint density at radius 2 is 2.17 bits per heavy atom. The van der Waals surface area contributed by atoms with Crippen LogP contribution in [0.1, 0.15) is 32.1 Å². The summed E-state index contributed by atoms with van der Waals surface area (Å²) in [6, 6.07) is -0.531. The normalized spacial score (nSPS) is 28.5. The first kappa shape index (κ1) is 17.6. The van der Waals surface area contributed by atoms with Gasteiger partial charge in [0, 0.05) is 39.1 Å². The van der Waals surface area contributed by atoms with Gasteiger partial charge in [0.2, 0.25) is 5.91 Å². The fourth-order valence-corrected chi connectivity index (χ4v) is 3.98. The van der Waals surface area contributed by atoms with Crippen molar-refractivity contribution in [2.45, 2.75) is 44.2 Å². The number of piperidine rings is 1. The number of nitrogens with one attached hydrogen (secondary N) is 1. The number of amides is 1. The van der Waals surface area contributed by atoms with Gasteiger partial charge in [-0.1, -0.05) is 0 Å². The fraction of sp³-hybridized carbons (Fsp3) is 0.882. The summed E-state index contributed by atoms with van der Waals surface area (Å²) in [7, 11) is 1.37. The lowest BCUT2D eigenvalue weighted by Gasteiger charge is -2.37. The lowest BCUT2D eigenvalue weighted by Crippen LogP contribution is -2.50. The molecule has 3 aliphatic rings. The van der Waals surface area contributed by atoms with Crippen molar-refractivity contribution in [2.24, 2.45) is 5.41 Å². The van der Waals surface area contributed by atoms with Crippen LogP contribution in [0.2, 0.25) is 0 Å². The molecule has 2 N–H and O–H groups in total. The average Bonchev–Trinajstić information content (AvgIpc) is 3.38. The number of rotatable bonds is 5. The number of hydrogen-bond acceptors (Lipinski definition) is 6. The highest BCUT2D eigenvalue weighted by Crippen LogP contribution is 2.53. The Bertz CT molecular complexity index is 480. The number of hydrogen-bond donors (Lipinski definition) is 2. The van der Waals surface area contributed by atoms with Crippen LogP contribution in [0.3, 0.4) is 0 Å². The molecule has 0 aromatic carbocycles. The van der Waals surface area contributed by atoms with Crippen LogP contribution < -0.4 is 5.32 Å². The summed E-state index contributed by atoms with van der Waals surface area (Å²) in [5.41, 5.74) is 0.185. The second-order valence-corrected chi connectivity index (χ2v) is 7.34. The zero-order valence-electron chi connectivity index (χ0n) is 14.5. The van der Waals surface area contributed by atoms with Crippen LogP contribution in [-0.4, -0.2) is 85.3 Å². The SMILES string of the molecule is COC(=O)[C@@H](CCN1CCC2(CC2)[C@H](O)C1)N1CCNCCC1=O. The fourth-order valence-electron chi connectivity index (χ4n) is 3.98. The van der Waals surface area contributed by atoms with Crippen molar-refractivity contribution >= 4 is 11.9 Å². The molecule has 7 nitrogen and oxygen atoms in total. The molecule has 0 bridgehead atoms. The molecule has 3 fully saturated rings. The summed E-state index contributed by atoms with van der Waals surface area (Å²) in [5.74, 6) is -0.340. The van der Waals surface area contributed by atoms with Gasteiger partial charge in [-0.3, -0.25) is 4.79 Å². The van der Waals surface area contributed by atoms with E-state index in [4.69, 9.17) is 4.74 Å². The van der Waals surface area contributed by atoms with Crippen LogP contribution in [0.15, 0.2) is 0 Å². The average molecular weight is 339 g/mol. The molecule has 1 amide bonds. The maximum absolute atomic E-state index is 12.3. The molecular weight excluding hydrogens is 310 g/mol. The molecule has 1 spiro atoms. The van der Waals surface area contributed by atoms with Crippen LogP contribution in [0, 0.1) is 5.41 Å². The van der Waals surface area contributed by atoms with Crippen molar-refractivity contribution in [3.8, 4) is 0 Å². The van der Waals surface area contributed by atoms with E-state index in [1.165, 1.54) is 7.11 Å². The molecular formula is C17H29N3O4. The van der Waals surface area contributed by atoms with Gasteiger partial charge in [0.15, 0.2) is 0 Å². The number of ether oxygens (including phenoxy) is 1. The number of carbonyl (C=O) groups is 2. The summed E-state index contributed by atoms with van der Waals surface area (Å²) < 4.78 is 4.94. The van der Waals surface area contributed by atoms with Crippen LogP contribution in [-0.2, 0) is 14.3 Å². The first-order valence-electron chi connectivity index (χ1n) is 9.04. The van der Waals surface area contributed by atoms with Crippen LogP contribution in [0.5, 0.6) is 0 Å². The molecule has 3 rings (SSSR count). The summed E-state index contributed by atoms with van der Waals surface area (Å²) in [6.07, 6.45) is 4.02. The second-order valence-electron chi connectivity index (χ2n) is 7.34. The number of likely N-dealkylation sites (tertiary alicyclic amines) is 1. The third kappa shape index (κ3) is 3.73. The van der Waals surface area contributed by atoms with E-state index in [2.05, 4.69) is 10.2 Å². The van der Waals surface area contributed by atoms with E-state index in [1.807, 2.05) is 0 Å². The largest absolute Gasteiger partial charge is 0.467 e. The number of carbonyl (C=O) groups excluding carboxylic acids is 2. The predicted octanol–water partition coefficient (Wildman–Crippen LogP) is -0.413. The topological polar surface area (TPSA) is 82.1 Å². The Hall–Kier alpha value is -1.18. The molecule has 2 aliphatic heterocycles. The molecule has 2 heterocycles. The van der Waals surface area contributed by atoms with E-state index >= 15 is 0 Å². The number of aliphatic hydroxyl groups is 1. The highest BCUT2D eigenvalue weighted by molar-refractivity contribution is 5.84. The number of methoxy groups -OCH3 is 1. The Morgan fingerprint density at radius 1 is 1.38 bits per heavy atom. The smallest absolute Gasteiger partial charge is 0.328 e. The highest BCUT2D eigenvalue weighted by Gasteiger charge is 2.51. The second kappa shape index (κ2) is 7.37. The first-order chi connectivity index (χ1) is 11.6. The number of β-amino-alcohol motifs (C(OH)–C–C–N with tert-alkyl or cyclic N) is 1. The molecule has 1 saturated carbocycles. The minimum atomic E-state index is -0.531. The third-order valence-electron chi connectivity index (χ3n) is 5.89. The van der Waals surface area contributed by atoms with E-state index in [1.54, 1.807) is 4.90 Å². The van der Waals surface area contributed by atoms with Crippen molar-refractivity contribution in [3.05, 3.63) is 0 Å². The summed E-state index contributed by atoms with van der Waals surface area (Å²) in [5, 5.41) is 13.5. The van der Waals surface area contributed by atoms with Gasteiger partial charge >= 0.3 is 5.97 Å². The minimum Gasteiger partial charge on any atom is -0.467 e. The summed E-state index contributed by atoms with van der Waals surface area (Å²) in [6.45, 7) is 4.21. The van der Waals surface area contributed by atoms with Crippen LogP contribution >= 0.6 is 0 Å². The van der Waals surface area contributed by atoms with E-state index < -0.39 is 6.04 Å². The number of esters is 1. The first-order valence-corrected chi connectivity index (χ1v) is 9.04. The molecule has 0 aromatic rings. The molecule has 136 valence electrons. The summed E-state index contributed by atoms with van der Waals surface area (Å²) >= 11 is 0. The third-order valence-corrected chi connectivity index (χ3v) is 5.89. The van der Waals surface area contributed by atoms with E-state index in [0.29, 0.717) is 45.6 Å². The van der Waals surface area contributed by atoms with Gasteiger partial charge in [-0.2, -0.15) is 0 Å². The predicted molar refractivity (Wildman–Crippen MR) is 88.4 cm³/mol. The molecule has 0 unspecified atom stereocenters. The Kier molecular flexibility index (Phi) is 5.42. The zero-order chi connectivity index (χ0) is 17.2. The van der Waals surface area contributed by atoms with Crippen molar-refractivity contribution in [1.29, 1.82) is 0 Å². The molecule has 24 heavy (non-hydrogen) atoms. The Balaban J connectivity index is 1.58. The molecule has 0 aromatic heterocycles. The van der Waals surface area contributed by atoms with E-state index in [0.717, 1.165) is 25.8 Å². The van der Waals surface area contributed by atoms with Crippen molar-refractivity contribution in [1.82, 2.24) is 15.1 Å². The van der Waals surface area contributed by atoms with Gasteiger partial charge in [-0.05, 0) is 37.6 Å². The number of nitrogens with zero attached hydrogens (tertiary/aromatic N) is 2. The molecule has 2 atom stereocenters. The molecule has 1 aliphatic carbocycles. The van der Waals surface area contributed by atoms with Crippen molar-refractivity contribution in [3.63, 3.8) is 0 Å². The van der Waals surface area contributed by atoms with Crippen LogP contribution in [0.4, 0.5) is 0 Å². The Morgan fingerprint density at radius 3 is 2.83 bits per heavy atom. The van der Waals surface area contributed by atoms with Gasteiger partial charge in [0.25, 0.3) is 0 Å². The Labute approximate surface area is 143 Å². The van der Waals surface area contributed by atoms with Gasteiger partial charge in [0.1, 0.15) is 6.04 Å². The van der Waals surface area contributed by atoms with Gasteiger partial charge in [-0.25, -0.2) is 4.79 Å². The van der Waals surface area contributed by atoms with Gasteiger partial charge in [0.05, 0.1) is 13.2 Å². The van der Waals surface area contributed by atoms with E-state index in [9.17, 15) is 14.7 Å². The quantitative estimate of drug-likeness (QED) is 0.663. The summed E-state index contributed by atoms with van der Waals surface area (Å²) in [4.78, 5) is 28.4. The maximum atomic E-state index is 12.3. The zero-order valence-corrected chi connectivity index (χ0v) is 14.5. The standard InChI is InChI=1S/C17H29N3O4/c1-24-16(23)13(20-11-8-18-7-2-15(20)22)3-9-19-10-6-17(4-5-17)14(21)12-19/h13-14,18,21H,2-12H2,1H3/t13-,14-/m1/s1.